The highest BCUT2D eigenvalue weighted by molar-refractivity contribution is 6.30. The number of rotatable bonds is 6. The first kappa shape index (κ1) is 17.2. The lowest BCUT2D eigenvalue weighted by Crippen LogP contribution is -2.08. The van der Waals surface area contributed by atoms with E-state index < -0.39 is 0 Å². The van der Waals surface area contributed by atoms with Crippen molar-refractivity contribution in [1.29, 1.82) is 0 Å². The molecule has 0 bridgehead atoms. The quantitative estimate of drug-likeness (QED) is 0.654. The average Bonchev–Trinajstić information content (AvgIpc) is 2.60. The van der Waals surface area contributed by atoms with E-state index in [1.165, 1.54) is 12.1 Å². The molecule has 0 aliphatic rings. The van der Waals surface area contributed by atoms with Crippen molar-refractivity contribution in [2.75, 3.05) is 17.2 Å². The summed E-state index contributed by atoms with van der Waals surface area (Å²) in [4.78, 5) is 8.67. The van der Waals surface area contributed by atoms with E-state index in [9.17, 15) is 4.39 Å². The number of halogens is 2. The summed E-state index contributed by atoms with van der Waals surface area (Å²) in [5.41, 5.74) is 3.04. The van der Waals surface area contributed by atoms with Crippen LogP contribution in [0, 0.1) is 12.7 Å². The van der Waals surface area contributed by atoms with E-state index in [-0.39, 0.29) is 5.82 Å². The molecule has 0 saturated heterocycles. The molecule has 1 heterocycles. The fourth-order valence-corrected chi connectivity index (χ4v) is 2.52. The smallest absolute Gasteiger partial charge is 0.224 e. The van der Waals surface area contributed by atoms with E-state index in [1.54, 1.807) is 24.4 Å². The van der Waals surface area contributed by atoms with Crippen molar-refractivity contribution < 1.29 is 4.39 Å². The summed E-state index contributed by atoms with van der Waals surface area (Å²) in [6.45, 7) is 2.66. The highest BCUT2D eigenvalue weighted by Crippen LogP contribution is 2.23. The molecule has 0 aliphatic heterocycles. The average molecular weight is 357 g/mol. The van der Waals surface area contributed by atoms with Gasteiger partial charge in [0, 0.05) is 23.5 Å². The zero-order valence-corrected chi connectivity index (χ0v) is 14.5. The van der Waals surface area contributed by atoms with Crippen molar-refractivity contribution in [1.82, 2.24) is 9.97 Å². The summed E-state index contributed by atoms with van der Waals surface area (Å²) in [5.74, 6) is 0.992. The number of nitrogens with one attached hydrogen (secondary N) is 2. The van der Waals surface area contributed by atoms with E-state index in [2.05, 4.69) is 20.6 Å². The van der Waals surface area contributed by atoms with Gasteiger partial charge in [0.1, 0.15) is 11.6 Å². The molecular weight excluding hydrogens is 339 g/mol. The van der Waals surface area contributed by atoms with Gasteiger partial charge in [-0.15, -0.1) is 0 Å². The van der Waals surface area contributed by atoms with Crippen LogP contribution in [0.3, 0.4) is 0 Å². The Bertz CT molecular complexity index is 852. The lowest BCUT2D eigenvalue weighted by molar-refractivity contribution is 0.627. The van der Waals surface area contributed by atoms with Crippen LogP contribution in [-0.4, -0.2) is 16.5 Å². The summed E-state index contributed by atoms with van der Waals surface area (Å²) in [6.07, 6.45) is 2.45. The minimum Gasteiger partial charge on any atom is -0.354 e. The molecule has 3 rings (SSSR count). The number of hydrogen-bond donors (Lipinski definition) is 2. The van der Waals surface area contributed by atoms with Crippen molar-refractivity contribution in [3.8, 4) is 0 Å². The van der Waals surface area contributed by atoms with Crippen LogP contribution in [-0.2, 0) is 6.42 Å². The molecule has 0 unspecified atom stereocenters. The Morgan fingerprint density at radius 1 is 1.08 bits per heavy atom. The summed E-state index contributed by atoms with van der Waals surface area (Å²) >= 11 is 6.04. The minimum atomic E-state index is -0.227. The molecule has 0 amide bonds. The Labute approximate surface area is 151 Å². The van der Waals surface area contributed by atoms with Crippen LogP contribution in [0.4, 0.5) is 21.8 Å². The van der Waals surface area contributed by atoms with Gasteiger partial charge >= 0.3 is 0 Å². The second kappa shape index (κ2) is 7.94. The molecule has 0 saturated carbocycles. The Morgan fingerprint density at radius 2 is 1.88 bits per heavy atom. The highest BCUT2D eigenvalue weighted by Gasteiger charge is 2.03. The monoisotopic (exact) mass is 356 g/mol. The molecule has 128 valence electrons. The van der Waals surface area contributed by atoms with E-state index in [4.69, 9.17) is 11.6 Å². The molecule has 0 atom stereocenters. The second-order valence-electron chi connectivity index (χ2n) is 5.65. The zero-order valence-electron chi connectivity index (χ0n) is 13.8. The van der Waals surface area contributed by atoms with Crippen molar-refractivity contribution in [3.63, 3.8) is 0 Å². The predicted molar refractivity (Wildman–Crippen MR) is 100 cm³/mol. The van der Waals surface area contributed by atoms with Crippen LogP contribution >= 0.6 is 11.6 Å². The van der Waals surface area contributed by atoms with Crippen molar-refractivity contribution in [2.24, 2.45) is 0 Å². The number of aromatic nitrogens is 2. The standard InChI is InChI=1S/C19H18ClFN4/c1-13-2-5-15(20)12-17(13)24-18-9-11-23-19(25-18)22-10-8-14-3-6-16(21)7-4-14/h2-7,9,11-12H,8,10H2,1H3,(H2,22,23,24,25). The van der Waals surface area contributed by atoms with Crippen LogP contribution in [0.2, 0.25) is 5.02 Å². The fraction of sp³-hybridized carbons (Fsp3) is 0.158. The second-order valence-corrected chi connectivity index (χ2v) is 6.09. The third-order valence-electron chi connectivity index (χ3n) is 3.73. The van der Waals surface area contributed by atoms with Gasteiger partial charge in [0.05, 0.1) is 0 Å². The molecule has 0 aliphatic carbocycles. The molecular formula is C19H18ClFN4. The first-order chi connectivity index (χ1) is 12.1. The maximum absolute atomic E-state index is 12.9. The molecule has 3 aromatic rings. The van der Waals surface area contributed by atoms with Crippen molar-refractivity contribution in [3.05, 3.63) is 76.7 Å². The normalized spacial score (nSPS) is 10.5. The molecule has 1 aromatic heterocycles. The maximum Gasteiger partial charge on any atom is 0.224 e. The van der Waals surface area contributed by atoms with Gasteiger partial charge in [-0.3, -0.25) is 0 Å². The molecule has 6 heteroatoms. The van der Waals surface area contributed by atoms with Crippen molar-refractivity contribution in [2.45, 2.75) is 13.3 Å². The minimum absolute atomic E-state index is 0.227. The van der Waals surface area contributed by atoms with E-state index >= 15 is 0 Å². The van der Waals surface area contributed by atoms with Gasteiger partial charge in [0.15, 0.2) is 0 Å². The number of benzene rings is 2. The van der Waals surface area contributed by atoms with Gasteiger partial charge in [-0.1, -0.05) is 29.8 Å². The molecule has 0 spiro atoms. The lowest BCUT2D eigenvalue weighted by atomic mass is 10.1. The highest BCUT2D eigenvalue weighted by atomic mass is 35.5. The van der Waals surface area contributed by atoms with Gasteiger partial charge in [0.25, 0.3) is 0 Å². The Balaban J connectivity index is 1.61. The molecule has 0 radical (unpaired) electrons. The van der Waals surface area contributed by atoms with E-state index in [1.807, 2.05) is 25.1 Å². The fourth-order valence-electron chi connectivity index (χ4n) is 2.35. The number of nitrogens with zero attached hydrogens (tertiary/aromatic N) is 2. The van der Waals surface area contributed by atoms with Gasteiger partial charge in [0.2, 0.25) is 5.95 Å². The number of hydrogen-bond acceptors (Lipinski definition) is 4. The number of anilines is 3. The summed E-state index contributed by atoms with van der Waals surface area (Å²) in [5, 5.41) is 7.09. The summed E-state index contributed by atoms with van der Waals surface area (Å²) in [6, 6.07) is 13.9. The van der Waals surface area contributed by atoms with Gasteiger partial charge < -0.3 is 10.6 Å². The largest absolute Gasteiger partial charge is 0.354 e. The van der Waals surface area contributed by atoms with Crippen LogP contribution in [0.1, 0.15) is 11.1 Å². The molecule has 0 fully saturated rings. The maximum atomic E-state index is 12.9. The number of aryl methyl sites for hydroxylation is 1. The predicted octanol–water partition coefficient (Wildman–Crippen LogP) is 4.98. The van der Waals surface area contributed by atoms with Gasteiger partial charge in [-0.25, -0.2) is 9.37 Å². The van der Waals surface area contributed by atoms with Crippen LogP contribution in [0.15, 0.2) is 54.7 Å². The van der Waals surface area contributed by atoms with E-state index in [0.717, 1.165) is 23.2 Å². The Kier molecular flexibility index (Phi) is 5.46. The SMILES string of the molecule is Cc1ccc(Cl)cc1Nc1ccnc(NCCc2ccc(F)cc2)n1. The lowest BCUT2D eigenvalue weighted by Gasteiger charge is -2.11. The van der Waals surface area contributed by atoms with Crippen LogP contribution in [0.25, 0.3) is 0 Å². The van der Waals surface area contributed by atoms with Gasteiger partial charge in [-0.05, 0) is 54.8 Å². The third-order valence-corrected chi connectivity index (χ3v) is 3.96. The topological polar surface area (TPSA) is 49.8 Å². The van der Waals surface area contributed by atoms with Crippen LogP contribution < -0.4 is 10.6 Å². The van der Waals surface area contributed by atoms with E-state index in [0.29, 0.717) is 23.3 Å². The van der Waals surface area contributed by atoms with Crippen molar-refractivity contribution >= 4 is 29.1 Å². The molecule has 2 N–H and O–H groups in total. The first-order valence-corrected chi connectivity index (χ1v) is 8.32. The van der Waals surface area contributed by atoms with Gasteiger partial charge in [-0.2, -0.15) is 4.98 Å². The zero-order chi connectivity index (χ0) is 17.6. The Morgan fingerprint density at radius 3 is 2.68 bits per heavy atom. The molecule has 2 aromatic carbocycles. The van der Waals surface area contributed by atoms with Crippen LogP contribution in [0.5, 0.6) is 0 Å². The Hall–Kier alpha value is -2.66. The molecule has 4 nitrogen and oxygen atoms in total. The molecule has 25 heavy (non-hydrogen) atoms. The first-order valence-electron chi connectivity index (χ1n) is 7.95. The third kappa shape index (κ3) is 4.90. The summed E-state index contributed by atoms with van der Waals surface area (Å²) in [7, 11) is 0. The summed E-state index contributed by atoms with van der Waals surface area (Å²) < 4.78 is 12.9.